The third kappa shape index (κ3) is 3.93. The van der Waals surface area contributed by atoms with Gasteiger partial charge in [-0.05, 0) is 55.5 Å². The van der Waals surface area contributed by atoms with Gasteiger partial charge >= 0.3 is 0 Å². The van der Waals surface area contributed by atoms with Gasteiger partial charge < -0.3 is 16.8 Å². The number of nitrogens with zero attached hydrogens (tertiary/aromatic N) is 6. The number of rotatable bonds is 5. The predicted molar refractivity (Wildman–Crippen MR) is 131 cm³/mol. The molecule has 2 heterocycles. The summed E-state index contributed by atoms with van der Waals surface area (Å²) in [5.74, 6) is -0.419. The number of fused-ring (bicyclic) bond motifs is 1. The zero-order chi connectivity index (χ0) is 25.6. The average Bonchev–Trinajstić information content (AvgIpc) is 3.67. The molecule has 1 saturated carbocycles. The summed E-state index contributed by atoms with van der Waals surface area (Å²) < 4.78 is 15.8. The van der Waals surface area contributed by atoms with Crippen molar-refractivity contribution in [2.75, 3.05) is 16.8 Å². The lowest BCUT2D eigenvalue weighted by Crippen LogP contribution is -2.30. The Morgan fingerprint density at radius 3 is 2.61 bits per heavy atom. The maximum absolute atomic E-state index is 14.5. The van der Waals surface area contributed by atoms with Crippen molar-refractivity contribution in [1.82, 2.24) is 19.5 Å². The van der Waals surface area contributed by atoms with Crippen LogP contribution in [-0.4, -0.2) is 19.5 Å². The summed E-state index contributed by atoms with van der Waals surface area (Å²) in [5.41, 5.74) is 12.7. The lowest BCUT2D eigenvalue weighted by molar-refractivity contribution is 0.602. The van der Waals surface area contributed by atoms with E-state index in [0.717, 1.165) is 18.9 Å². The number of nitrogens with one attached hydrogen (secondary N) is 1. The Bertz CT molecular complexity index is 1680. The number of benzene rings is 2. The van der Waals surface area contributed by atoms with Gasteiger partial charge in [0.2, 0.25) is 5.95 Å². The highest BCUT2D eigenvalue weighted by Crippen LogP contribution is 2.43. The molecule has 36 heavy (non-hydrogen) atoms. The van der Waals surface area contributed by atoms with Gasteiger partial charge in [-0.15, -0.1) is 0 Å². The normalized spacial score (nSPS) is 13.7. The minimum Gasteiger partial charge on any atom is -0.382 e. The number of hydrogen-bond acceptors (Lipinski definition) is 9. The van der Waals surface area contributed by atoms with Crippen molar-refractivity contribution in [1.29, 1.82) is 10.5 Å². The maximum Gasteiger partial charge on any atom is 0.266 e. The third-order valence-corrected chi connectivity index (χ3v) is 6.13. The lowest BCUT2D eigenvalue weighted by Gasteiger charge is -2.24. The predicted octanol–water partition coefficient (Wildman–Crippen LogP) is 3.09. The molecule has 0 bridgehead atoms. The highest BCUT2D eigenvalue weighted by molar-refractivity contribution is 5.81. The van der Waals surface area contributed by atoms with E-state index < -0.39 is 17.4 Å². The molecule has 1 aliphatic rings. The Hall–Kier alpha value is -5.03. The fourth-order valence-electron chi connectivity index (χ4n) is 4.32. The Labute approximate surface area is 204 Å². The van der Waals surface area contributed by atoms with Crippen molar-refractivity contribution in [3.8, 4) is 17.8 Å². The minimum atomic E-state index is -0.661. The van der Waals surface area contributed by atoms with Crippen LogP contribution in [0.5, 0.6) is 0 Å². The quantitative estimate of drug-likeness (QED) is 0.387. The van der Waals surface area contributed by atoms with E-state index >= 15 is 0 Å². The first-order valence-corrected chi connectivity index (χ1v) is 11.1. The first-order chi connectivity index (χ1) is 17.3. The molecule has 10 nitrogen and oxygen atoms in total. The lowest BCUT2D eigenvalue weighted by atomic mass is 10.1. The summed E-state index contributed by atoms with van der Waals surface area (Å²) in [6.07, 6.45) is 1.65. The highest BCUT2D eigenvalue weighted by atomic mass is 19.1. The van der Waals surface area contributed by atoms with Crippen molar-refractivity contribution >= 4 is 28.5 Å². The molecule has 5 N–H and O–H groups in total. The monoisotopic (exact) mass is 481 g/mol. The number of nitrogen functional groups attached to an aromatic ring is 2. The molecule has 5 rings (SSSR count). The SMILES string of the molecule is Cc1cccc2nc([C@@H](Nc3nc(N)nc(N)c3C#N)C3CC3)n(-c3cc(F)cc(C#N)c3)c(=O)c12. The minimum absolute atomic E-state index is 0.0119. The average molecular weight is 481 g/mol. The highest BCUT2D eigenvalue weighted by Gasteiger charge is 2.37. The van der Waals surface area contributed by atoms with Gasteiger partial charge in [0, 0.05) is 0 Å². The molecule has 2 aromatic carbocycles. The molecule has 0 amide bonds. The second-order valence-electron chi connectivity index (χ2n) is 8.65. The fraction of sp³-hybridized carbons (Fsp3) is 0.200. The number of aryl methyl sites for hydroxylation is 1. The molecular formula is C25H20FN9O. The van der Waals surface area contributed by atoms with Crippen LogP contribution in [0.3, 0.4) is 0 Å². The first kappa shape index (κ1) is 22.7. The second kappa shape index (κ2) is 8.64. The van der Waals surface area contributed by atoms with E-state index in [2.05, 4.69) is 15.3 Å². The van der Waals surface area contributed by atoms with E-state index in [9.17, 15) is 19.7 Å². The fourth-order valence-corrected chi connectivity index (χ4v) is 4.32. The van der Waals surface area contributed by atoms with Crippen molar-refractivity contribution in [2.24, 2.45) is 5.92 Å². The van der Waals surface area contributed by atoms with E-state index in [-0.39, 0.29) is 46.1 Å². The van der Waals surface area contributed by atoms with Gasteiger partial charge in [-0.2, -0.15) is 20.5 Å². The van der Waals surface area contributed by atoms with Crippen LogP contribution in [0, 0.1) is 41.3 Å². The summed E-state index contributed by atoms with van der Waals surface area (Å²) in [4.78, 5) is 26.7. The Kier molecular flexibility index (Phi) is 5.46. The zero-order valence-electron chi connectivity index (χ0n) is 19.2. The number of anilines is 3. The molecule has 4 aromatic rings. The largest absolute Gasteiger partial charge is 0.382 e. The van der Waals surface area contributed by atoms with E-state index in [1.54, 1.807) is 25.1 Å². The summed E-state index contributed by atoms with van der Waals surface area (Å²) in [6.45, 7) is 1.80. The van der Waals surface area contributed by atoms with Gasteiger partial charge in [0.1, 0.15) is 29.1 Å². The standard InChI is InChI=1S/C25H20FN9O/c1-12-3-2-4-18-19(12)24(36)35(16-8-13(10-27)7-15(26)9-16)23(31-18)20(14-5-6-14)32-22-17(11-28)21(29)33-25(30)34-22/h2-4,7-9,14,20H,5-6H2,1H3,(H5,29,30,32,33,34)/t20-/m0/s1. The maximum atomic E-state index is 14.5. The molecule has 0 saturated heterocycles. The van der Waals surface area contributed by atoms with Gasteiger partial charge in [0.05, 0.1) is 34.3 Å². The van der Waals surface area contributed by atoms with Gasteiger partial charge in [0.25, 0.3) is 5.56 Å². The van der Waals surface area contributed by atoms with Crippen molar-refractivity contribution < 1.29 is 4.39 Å². The Morgan fingerprint density at radius 1 is 1.14 bits per heavy atom. The molecule has 0 spiro atoms. The number of nitriles is 2. The van der Waals surface area contributed by atoms with Gasteiger partial charge in [-0.1, -0.05) is 12.1 Å². The molecular weight excluding hydrogens is 461 g/mol. The molecule has 178 valence electrons. The first-order valence-electron chi connectivity index (χ1n) is 11.1. The molecule has 0 aliphatic heterocycles. The molecule has 11 heteroatoms. The van der Waals surface area contributed by atoms with Crippen LogP contribution in [-0.2, 0) is 0 Å². The summed E-state index contributed by atoms with van der Waals surface area (Å²) in [7, 11) is 0. The number of halogens is 1. The molecule has 0 radical (unpaired) electrons. The van der Waals surface area contributed by atoms with Gasteiger partial charge in [0.15, 0.2) is 5.82 Å². The molecule has 2 aromatic heterocycles. The molecule has 1 atom stereocenters. The van der Waals surface area contributed by atoms with E-state index in [4.69, 9.17) is 16.5 Å². The van der Waals surface area contributed by atoms with Crippen LogP contribution in [0.15, 0.2) is 41.2 Å². The third-order valence-electron chi connectivity index (χ3n) is 6.13. The van der Waals surface area contributed by atoms with Crippen molar-refractivity contribution in [3.05, 3.63) is 75.1 Å². The van der Waals surface area contributed by atoms with E-state index in [0.29, 0.717) is 16.5 Å². The van der Waals surface area contributed by atoms with Gasteiger partial charge in [-0.3, -0.25) is 9.36 Å². The smallest absolute Gasteiger partial charge is 0.266 e. The number of aromatic nitrogens is 4. The van der Waals surface area contributed by atoms with E-state index in [1.807, 2.05) is 12.1 Å². The van der Waals surface area contributed by atoms with Crippen LogP contribution in [0.1, 0.15) is 41.4 Å². The van der Waals surface area contributed by atoms with Crippen LogP contribution in [0.4, 0.5) is 22.0 Å². The van der Waals surface area contributed by atoms with Crippen molar-refractivity contribution in [2.45, 2.75) is 25.8 Å². The zero-order valence-corrected chi connectivity index (χ0v) is 19.2. The summed E-state index contributed by atoms with van der Waals surface area (Å²) in [6, 6.07) is 12.3. The summed E-state index contributed by atoms with van der Waals surface area (Å²) in [5, 5.41) is 22.6. The topological polar surface area (TPSA) is 172 Å². The van der Waals surface area contributed by atoms with Gasteiger partial charge in [-0.25, -0.2) is 9.37 Å². The van der Waals surface area contributed by atoms with Crippen molar-refractivity contribution in [3.63, 3.8) is 0 Å². The Morgan fingerprint density at radius 2 is 1.92 bits per heavy atom. The van der Waals surface area contributed by atoms with Crippen LogP contribution in [0.2, 0.25) is 0 Å². The van der Waals surface area contributed by atoms with Crippen LogP contribution >= 0.6 is 0 Å². The molecule has 1 fully saturated rings. The van der Waals surface area contributed by atoms with Crippen LogP contribution < -0.4 is 22.3 Å². The Balaban J connectivity index is 1.80. The molecule has 1 aliphatic carbocycles. The van der Waals surface area contributed by atoms with E-state index in [1.165, 1.54) is 16.7 Å². The summed E-state index contributed by atoms with van der Waals surface area (Å²) >= 11 is 0. The second-order valence-corrected chi connectivity index (χ2v) is 8.65. The van der Waals surface area contributed by atoms with Crippen LogP contribution in [0.25, 0.3) is 16.6 Å². The number of nitrogens with two attached hydrogens (primary N) is 2. The molecule has 0 unspecified atom stereocenters. The number of hydrogen-bond donors (Lipinski definition) is 3.